The monoisotopic (exact) mass is 321 g/mol. The van der Waals surface area contributed by atoms with Crippen LogP contribution in [0.25, 0.3) is 0 Å². The first-order chi connectivity index (χ1) is 11.1. The third-order valence-corrected chi connectivity index (χ3v) is 4.59. The number of fused-ring (bicyclic) bond motifs is 1. The van der Waals surface area contributed by atoms with Crippen LogP contribution in [0, 0.1) is 13.8 Å². The molecule has 0 radical (unpaired) electrons. The number of allylic oxidation sites excluding steroid dienone is 2. The third kappa shape index (κ3) is 2.62. The maximum absolute atomic E-state index is 4.96. The molecule has 24 heavy (non-hydrogen) atoms. The second kappa shape index (κ2) is 5.44. The first kappa shape index (κ1) is 16.7. The molecule has 0 saturated carbocycles. The van der Waals surface area contributed by atoms with Gasteiger partial charge < -0.3 is 0 Å². The average Bonchev–Trinajstić information content (AvgIpc) is 2.72. The van der Waals surface area contributed by atoms with Crippen LogP contribution in [0.1, 0.15) is 45.7 Å². The summed E-state index contributed by atoms with van der Waals surface area (Å²) in [6.07, 6.45) is 6.49. The van der Waals surface area contributed by atoms with Gasteiger partial charge in [-0.2, -0.15) is 0 Å². The van der Waals surface area contributed by atoms with Crippen molar-refractivity contribution in [3.63, 3.8) is 0 Å². The summed E-state index contributed by atoms with van der Waals surface area (Å²) in [5, 5.41) is 0. The molecule has 2 aliphatic rings. The Balaban J connectivity index is 2.27. The highest BCUT2D eigenvalue weighted by Crippen LogP contribution is 2.40. The minimum absolute atomic E-state index is 0.181. The highest BCUT2D eigenvalue weighted by molar-refractivity contribution is 6.26. The highest BCUT2D eigenvalue weighted by atomic mass is 15.4. The topological polar surface area (TPSA) is 28.0 Å². The van der Waals surface area contributed by atoms with E-state index in [9.17, 15) is 0 Å². The number of rotatable bonds is 1. The third-order valence-electron chi connectivity index (χ3n) is 4.59. The Kier molecular flexibility index (Phi) is 3.78. The molecule has 0 N–H and O–H groups in total. The van der Waals surface area contributed by atoms with E-state index in [0.717, 1.165) is 11.7 Å². The van der Waals surface area contributed by atoms with E-state index in [4.69, 9.17) is 9.98 Å². The zero-order valence-corrected chi connectivity index (χ0v) is 15.8. The van der Waals surface area contributed by atoms with E-state index in [1.54, 1.807) is 0 Å². The van der Waals surface area contributed by atoms with Gasteiger partial charge in [0.2, 0.25) is 5.96 Å². The van der Waals surface area contributed by atoms with Crippen LogP contribution in [0.4, 0.5) is 5.69 Å². The SMILES string of the molecule is CC1=CC=C[C@]2(C)C1=NC(=NC(C)(C)C)N2c1c(C)cccc1C. The molecule has 0 fully saturated rings. The van der Waals surface area contributed by atoms with Crippen LogP contribution in [0.15, 0.2) is 52.0 Å². The normalized spacial score (nSPS) is 25.0. The molecule has 126 valence electrons. The molecule has 0 aromatic heterocycles. The van der Waals surface area contributed by atoms with E-state index >= 15 is 0 Å². The molecule has 3 nitrogen and oxygen atoms in total. The molecule has 1 aromatic carbocycles. The number of hydrogen-bond donors (Lipinski definition) is 0. The molecule has 0 bridgehead atoms. The number of aryl methyl sites for hydroxylation is 2. The number of anilines is 1. The van der Waals surface area contributed by atoms with Crippen molar-refractivity contribution in [2.24, 2.45) is 9.98 Å². The maximum Gasteiger partial charge on any atom is 0.227 e. The van der Waals surface area contributed by atoms with Crippen molar-refractivity contribution in [1.29, 1.82) is 0 Å². The Morgan fingerprint density at radius 2 is 1.71 bits per heavy atom. The van der Waals surface area contributed by atoms with Gasteiger partial charge in [0, 0.05) is 0 Å². The molecule has 0 spiro atoms. The fourth-order valence-corrected chi connectivity index (χ4v) is 3.54. The fraction of sp³-hybridized carbons (Fsp3) is 0.429. The summed E-state index contributed by atoms with van der Waals surface area (Å²) in [7, 11) is 0. The fourth-order valence-electron chi connectivity index (χ4n) is 3.54. The van der Waals surface area contributed by atoms with Crippen molar-refractivity contribution in [3.8, 4) is 0 Å². The van der Waals surface area contributed by atoms with Crippen LogP contribution < -0.4 is 4.90 Å². The number of benzene rings is 1. The van der Waals surface area contributed by atoms with Crippen LogP contribution in [0.3, 0.4) is 0 Å². The molecule has 1 aliphatic carbocycles. The minimum atomic E-state index is -0.292. The Bertz CT molecular complexity index is 783. The quantitative estimate of drug-likeness (QED) is 0.716. The Morgan fingerprint density at radius 1 is 1.08 bits per heavy atom. The van der Waals surface area contributed by atoms with Crippen molar-refractivity contribution in [3.05, 3.63) is 53.1 Å². The molecule has 1 atom stereocenters. The lowest BCUT2D eigenvalue weighted by atomic mass is 9.85. The summed E-state index contributed by atoms with van der Waals surface area (Å²) < 4.78 is 0. The van der Waals surface area contributed by atoms with Gasteiger partial charge in [-0.1, -0.05) is 36.4 Å². The van der Waals surface area contributed by atoms with Gasteiger partial charge in [0.15, 0.2) is 0 Å². The zero-order valence-electron chi connectivity index (χ0n) is 15.8. The van der Waals surface area contributed by atoms with Gasteiger partial charge >= 0.3 is 0 Å². The molecule has 0 saturated heterocycles. The maximum atomic E-state index is 4.96. The van der Waals surface area contributed by atoms with Crippen LogP contribution in [0.5, 0.6) is 0 Å². The predicted molar refractivity (Wildman–Crippen MR) is 104 cm³/mol. The van der Waals surface area contributed by atoms with Crippen molar-refractivity contribution < 1.29 is 0 Å². The van der Waals surface area contributed by atoms with E-state index in [1.165, 1.54) is 22.4 Å². The van der Waals surface area contributed by atoms with Gasteiger partial charge in [0.05, 0.1) is 16.9 Å². The molecule has 3 heteroatoms. The predicted octanol–water partition coefficient (Wildman–Crippen LogP) is 4.99. The van der Waals surface area contributed by atoms with Crippen LogP contribution in [-0.4, -0.2) is 22.7 Å². The van der Waals surface area contributed by atoms with Crippen molar-refractivity contribution in [2.45, 2.75) is 59.5 Å². The molecular formula is C21H27N3. The zero-order chi connectivity index (χ0) is 17.7. The number of nitrogens with zero attached hydrogens (tertiary/aromatic N) is 3. The number of aliphatic imine (C=N–C) groups is 2. The van der Waals surface area contributed by atoms with E-state index in [2.05, 4.69) is 89.8 Å². The molecule has 1 aliphatic heterocycles. The van der Waals surface area contributed by atoms with Gasteiger partial charge in [0.1, 0.15) is 5.54 Å². The van der Waals surface area contributed by atoms with Gasteiger partial charge in [-0.15, -0.1) is 0 Å². The van der Waals surface area contributed by atoms with E-state index in [-0.39, 0.29) is 11.1 Å². The highest BCUT2D eigenvalue weighted by Gasteiger charge is 2.46. The van der Waals surface area contributed by atoms with E-state index in [1.807, 2.05) is 0 Å². The smallest absolute Gasteiger partial charge is 0.227 e. The molecule has 1 heterocycles. The average molecular weight is 321 g/mol. The number of hydrogen-bond acceptors (Lipinski definition) is 1. The second-order valence-corrected chi connectivity index (χ2v) is 7.98. The van der Waals surface area contributed by atoms with Crippen LogP contribution in [0.2, 0.25) is 0 Å². The second-order valence-electron chi connectivity index (χ2n) is 7.98. The summed E-state index contributed by atoms with van der Waals surface area (Å²) in [5.74, 6) is 0.802. The first-order valence-electron chi connectivity index (χ1n) is 8.55. The van der Waals surface area contributed by atoms with Crippen molar-refractivity contribution in [2.75, 3.05) is 4.90 Å². The van der Waals surface area contributed by atoms with E-state index in [0.29, 0.717) is 0 Å². The first-order valence-corrected chi connectivity index (χ1v) is 8.55. The lowest BCUT2D eigenvalue weighted by molar-refractivity contribution is 0.579. The lowest BCUT2D eigenvalue weighted by Crippen LogP contribution is -2.50. The van der Waals surface area contributed by atoms with Crippen LogP contribution >= 0.6 is 0 Å². The Morgan fingerprint density at radius 3 is 2.29 bits per heavy atom. The number of guanidine groups is 1. The van der Waals surface area contributed by atoms with Gasteiger partial charge in [0.25, 0.3) is 0 Å². The summed E-state index contributed by atoms with van der Waals surface area (Å²) >= 11 is 0. The van der Waals surface area contributed by atoms with Crippen molar-refractivity contribution in [1.82, 2.24) is 0 Å². The van der Waals surface area contributed by atoms with Gasteiger partial charge in [-0.05, 0) is 65.2 Å². The Hall–Kier alpha value is -2.16. The summed E-state index contributed by atoms with van der Waals surface area (Å²) in [5.41, 5.74) is 5.52. The summed E-state index contributed by atoms with van der Waals surface area (Å²) in [6, 6.07) is 6.43. The van der Waals surface area contributed by atoms with Crippen LogP contribution in [-0.2, 0) is 0 Å². The summed E-state index contributed by atoms with van der Waals surface area (Å²) in [4.78, 5) is 12.2. The number of para-hydroxylation sites is 1. The standard InChI is InChI=1S/C21H27N3/c1-14-10-8-11-15(2)17(14)24-19(23-20(4,5)6)22-18-16(3)12-9-13-21(18,24)7/h8-13H,1-7H3/t21-/m1/s1. The Labute approximate surface area is 145 Å². The molecule has 3 rings (SSSR count). The lowest BCUT2D eigenvalue weighted by Gasteiger charge is -2.38. The van der Waals surface area contributed by atoms with E-state index < -0.39 is 0 Å². The summed E-state index contributed by atoms with van der Waals surface area (Å²) in [6.45, 7) is 15.0. The largest absolute Gasteiger partial charge is 0.295 e. The van der Waals surface area contributed by atoms with Gasteiger partial charge in [-0.3, -0.25) is 4.90 Å². The molecular weight excluding hydrogens is 294 g/mol. The van der Waals surface area contributed by atoms with Crippen molar-refractivity contribution >= 4 is 17.4 Å². The van der Waals surface area contributed by atoms with Gasteiger partial charge in [-0.25, -0.2) is 9.98 Å². The minimum Gasteiger partial charge on any atom is -0.295 e. The molecule has 0 amide bonds. The molecule has 1 aromatic rings. The molecule has 0 unspecified atom stereocenters.